The monoisotopic (exact) mass is 312 g/mol. The minimum Gasteiger partial charge on any atom is -0.272 e. The average Bonchev–Trinajstić information content (AvgIpc) is 2.89. The highest BCUT2D eigenvalue weighted by molar-refractivity contribution is 7.71. The van der Waals surface area contributed by atoms with Crippen LogP contribution in [0.4, 0.5) is 5.69 Å². The van der Waals surface area contributed by atoms with Crippen LogP contribution < -0.4 is 0 Å². The van der Waals surface area contributed by atoms with E-state index >= 15 is 0 Å². The van der Waals surface area contributed by atoms with Crippen LogP contribution in [-0.4, -0.2) is 19.7 Å². The Labute approximate surface area is 131 Å². The molecule has 0 saturated carbocycles. The summed E-state index contributed by atoms with van der Waals surface area (Å²) in [6.07, 6.45) is 0.528. The molecule has 1 aromatic heterocycles. The van der Waals surface area contributed by atoms with Crippen LogP contribution in [0, 0.1) is 14.9 Å². The molecule has 1 heterocycles. The summed E-state index contributed by atoms with van der Waals surface area (Å²) in [5, 5.41) is 17.7. The Balaban J connectivity index is 1.94. The Morgan fingerprint density at radius 2 is 1.82 bits per heavy atom. The number of benzene rings is 2. The van der Waals surface area contributed by atoms with Gasteiger partial charge in [0.05, 0.1) is 4.92 Å². The number of aromatic nitrogens is 3. The van der Waals surface area contributed by atoms with Gasteiger partial charge in [-0.1, -0.05) is 30.3 Å². The van der Waals surface area contributed by atoms with Crippen molar-refractivity contribution in [1.29, 1.82) is 0 Å². The van der Waals surface area contributed by atoms with E-state index in [-0.39, 0.29) is 5.69 Å². The van der Waals surface area contributed by atoms with Crippen molar-refractivity contribution in [3.8, 4) is 5.69 Å². The second-order valence-electron chi connectivity index (χ2n) is 4.72. The molecule has 22 heavy (non-hydrogen) atoms. The summed E-state index contributed by atoms with van der Waals surface area (Å²) in [7, 11) is 0. The summed E-state index contributed by atoms with van der Waals surface area (Å²) >= 11 is 5.28. The van der Waals surface area contributed by atoms with Crippen molar-refractivity contribution in [2.24, 2.45) is 0 Å². The van der Waals surface area contributed by atoms with Gasteiger partial charge in [0.25, 0.3) is 5.69 Å². The predicted octanol–water partition coefficient (Wildman–Crippen LogP) is 3.43. The molecule has 0 saturated heterocycles. The van der Waals surface area contributed by atoms with E-state index in [0.29, 0.717) is 11.2 Å². The smallest absolute Gasteiger partial charge is 0.269 e. The second kappa shape index (κ2) is 5.90. The van der Waals surface area contributed by atoms with Crippen molar-refractivity contribution < 1.29 is 4.92 Å². The van der Waals surface area contributed by atoms with Crippen LogP contribution in [0.15, 0.2) is 54.6 Å². The maximum Gasteiger partial charge on any atom is 0.269 e. The van der Waals surface area contributed by atoms with E-state index in [1.54, 1.807) is 12.1 Å². The maximum atomic E-state index is 10.7. The molecule has 7 heteroatoms. The molecule has 2 aromatic carbocycles. The Morgan fingerprint density at radius 1 is 1.14 bits per heavy atom. The topological polar surface area (TPSA) is 76.8 Å². The summed E-state index contributed by atoms with van der Waals surface area (Å²) in [6, 6.07) is 16.1. The third kappa shape index (κ3) is 2.79. The molecule has 0 aliphatic heterocycles. The number of aromatic amines is 1. The van der Waals surface area contributed by atoms with Crippen LogP contribution in [0.3, 0.4) is 0 Å². The molecule has 3 aromatic rings. The Hall–Kier alpha value is -2.80. The number of nitrogens with one attached hydrogen (secondary N) is 1. The van der Waals surface area contributed by atoms with Gasteiger partial charge < -0.3 is 0 Å². The lowest BCUT2D eigenvalue weighted by Gasteiger charge is -2.06. The average molecular weight is 312 g/mol. The van der Waals surface area contributed by atoms with E-state index in [1.165, 1.54) is 12.1 Å². The number of nitro groups is 1. The first-order chi connectivity index (χ1) is 10.6. The number of non-ortho nitro benzene ring substituents is 1. The van der Waals surface area contributed by atoms with Gasteiger partial charge in [-0.25, -0.2) is 0 Å². The summed E-state index contributed by atoms with van der Waals surface area (Å²) < 4.78 is 2.37. The summed E-state index contributed by atoms with van der Waals surface area (Å²) in [4.78, 5) is 10.3. The van der Waals surface area contributed by atoms with Gasteiger partial charge in [-0.3, -0.25) is 19.8 Å². The molecule has 0 radical (unpaired) electrons. The molecule has 0 aliphatic carbocycles. The van der Waals surface area contributed by atoms with Crippen LogP contribution in [0.1, 0.15) is 11.4 Å². The fourth-order valence-electron chi connectivity index (χ4n) is 2.21. The van der Waals surface area contributed by atoms with Crippen LogP contribution in [0.2, 0.25) is 0 Å². The minimum absolute atomic E-state index is 0.0747. The highest BCUT2D eigenvalue weighted by atomic mass is 32.1. The molecule has 6 nitrogen and oxygen atoms in total. The molecule has 3 rings (SSSR count). The van der Waals surface area contributed by atoms with Gasteiger partial charge in [0.15, 0.2) is 4.77 Å². The predicted molar refractivity (Wildman–Crippen MR) is 84.7 cm³/mol. The molecule has 110 valence electrons. The quantitative estimate of drug-likeness (QED) is 0.455. The standard InChI is InChI=1S/C15H12N4O2S/c20-19(21)13-8-6-11(7-9-13)10-14-16-17-15(22)18(14)12-4-2-1-3-5-12/h1-9H,10H2,(H,17,22). The van der Waals surface area contributed by atoms with Crippen LogP contribution in [0.25, 0.3) is 5.69 Å². The van der Waals surface area contributed by atoms with Crippen LogP contribution >= 0.6 is 12.2 Å². The van der Waals surface area contributed by atoms with E-state index in [2.05, 4.69) is 10.2 Å². The molecule has 0 fully saturated rings. The normalized spacial score (nSPS) is 10.5. The van der Waals surface area contributed by atoms with Crippen molar-refractivity contribution in [2.45, 2.75) is 6.42 Å². The minimum atomic E-state index is -0.413. The Kier molecular flexibility index (Phi) is 3.80. The fourth-order valence-corrected chi connectivity index (χ4v) is 2.47. The molecule has 0 aliphatic rings. The summed E-state index contributed by atoms with van der Waals surface area (Å²) in [5.74, 6) is 0.755. The number of hydrogen-bond acceptors (Lipinski definition) is 4. The number of H-pyrrole nitrogens is 1. The fraction of sp³-hybridized carbons (Fsp3) is 0.0667. The highest BCUT2D eigenvalue weighted by Gasteiger charge is 2.10. The van der Waals surface area contributed by atoms with E-state index in [1.807, 2.05) is 34.9 Å². The molecule has 0 unspecified atom stereocenters. The molecule has 1 N–H and O–H groups in total. The van der Waals surface area contributed by atoms with E-state index in [0.717, 1.165) is 17.1 Å². The first-order valence-corrected chi connectivity index (χ1v) is 7.01. The van der Waals surface area contributed by atoms with Crippen molar-refractivity contribution in [1.82, 2.24) is 14.8 Å². The van der Waals surface area contributed by atoms with Gasteiger partial charge in [0, 0.05) is 24.2 Å². The molecule has 0 atom stereocenters. The third-order valence-corrected chi connectivity index (χ3v) is 3.54. The van der Waals surface area contributed by atoms with Gasteiger partial charge in [0.1, 0.15) is 5.82 Å². The van der Waals surface area contributed by atoms with Gasteiger partial charge in [0.2, 0.25) is 0 Å². The first-order valence-electron chi connectivity index (χ1n) is 6.60. The SMILES string of the molecule is O=[N+]([O-])c1ccc(Cc2n[nH]c(=S)n2-c2ccccc2)cc1. The second-order valence-corrected chi connectivity index (χ2v) is 5.10. The number of rotatable bonds is 4. The lowest BCUT2D eigenvalue weighted by molar-refractivity contribution is -0.384. The summed E-state index contributed by atoms with van der Waals surface area (Å²) in [6.45, 7) is 0. The van der Waals surface area contributed by atoms with Gasteiger partial charge in [-0.2, -0.15) is 5.10 Å². The largest absolute Gasteiger partial charge is 0.272 e. The highest BCUT2D eigenvalue weighted by Crippen LogP contribution is 2.17. The van der Waals surface area contributed by atoms with Crippen molar-refractivity contribution >= 4 is 17.9 Å². The lowest BCUT2D eigenvalue weighted by Crippen LogP contribution is -2.02. The van der Waals surface area contributed by atoms with Gasteiger partial charge in [-0.05, 0) is 29.9 Å². The maximum absolute atomic E-state index is 10.7. The molecular weight excluding hydrogens is 300 g/mol. The zero-order valence-corrected chi connectivity index (χ0v) is 12.3. The van der Waals surface area contributed by atoms with Crippen molar-refractivity contribution in [3.63, 3.8) is 0 Å². The molecular formula is C15H12N4O2S. The summed E-state index contributed by atoms with van der Waals surface area (Å²) in [5.41, 5.74) is 1.93. The molecule has 0 bridgehead atoms. The zero-order chi connectivity index (χ0) is 15.5. The Morgan fingerprint density at radius 3 is 2.45 bits per heavy atom. The van der Waals surface area contributed by atoms with E-state index in [9.17, 15) is 10.1 Å². The number of hydrogen-bond donors (Lipinski definition) is 1. The number of nitro benzene ring substituents is 1. The van der Waals surface area contributed by atoms with Crippen molar-refractivity contribution in [3.05, 3.63) is 80.9 Å². The van der Waals surface area contributed by atoms with Gasteiger partial charge >= 0.3 is 0 Å². The van der Waals surface area contributed by atoms with Crippen LogP contribution in [0.5, 0.6) is 0 Å². The lowest BCUT2D eigenvalue weighted by atomic mass is 10.1. The first kappa shape index (κ1) is 14.2. The van der Waals surface area contributed by atoms with Gasteiger partial charge in [-0.15, -0.1) is 0 Å². The Bertz CT molecular complexity index is 853. The number of para-hydroxylation sites is 1. The number of nitrogens with zero attached hydrogens (tertiary/aromatic N) is 3. The van der Waals surface area contributed by atoms with E-state index < -0.39 is 4.92 Å². The third-order valence-electron chi connectivity index (χ3n) is 3.27. The van der Waals surface area contributed by atoms with Crippen molar-refractivity contribution in [2.75, 3.05) is 0 Å². The van der Waals surface area contributed by atoms with E-state index in [4.69, 9.17) is 12.2 Å². The molecule has 0 amide bonds. The zero-order valence-electron chi connectivity index (χ0n) is 11.5. The molecule has 0 spiro atoms. The van der Waals surface area contributed by atoms with Crippen LogP contribution in [-0.2, 0) is 6.42 Å².